The quantitative estimate of drug-likeness (QED) is 0.607. The zero-order chi connectivity index (χ0) is 7.07. The van der Waals surface area contributed by atoms with E-state index < -0.39 is 17.6 Å². The monoisotopic (exact) mass is 386 g/mol. The first kappa shape index (κ1) is 7.94. The normalized spacial score (nSPS) is 21.0. The molecule has 62 valence electrons. The van der Waals surface area contributed by atoms with Gasteiger partial charge in [0.15, 0.2) is 5.54 Å². The molecule has 10 heavy (non-hydrogen) atoms. The minimum absolute atomic E-state index is 0. The molecule has 0 aromatic carbocycles. The van der Waals surface area contributed by atoms with Crippen LogP contribution in [0.1, 0.15) is 13.8 Å². The van der Waals surface area contributed by atoms with E-state index in [2.05, 4.69) is 9.73 Å². The molecular weight excluding hydrogens is 379 g/mol. The molecule has 1 aliphatic heterocycles. The van der Waals surface area contributed by atoms with Crippen molar-refractivity contribution in [1.29, 1.82) is 0 Å². The van der Waals surface area contributed by atoms with Crippen molar-refractivity contribution in [2.45, 2.75) is 19.4 Å². The molecule has 1 rings (SSSR count). The maximum absolute atomic E-state index is 10.6. The molecule has 0 saturated carbocycles. The first-order chi connectivity index (χ1) is 4.02. The van der Waals surface area contributed by atoms with Gasteiger partial charge in [-0.15, -0.1) is 0 Å². The standard InChI is InChI=1S/C5H7NO3.Fm/c1-5(2)3(7)9-4(8)6-5;/h1-2H3,(H,6,8);. The Bertz CT molecular complexity index is 187. The van der Waals surface area contributed by atoms with Crippen LogP contribution in [0.5, 0.6) is 0 Å². The van der Waals surface area contributed by atoms with Crippen molar-refractivity contribution in [3.05, 3.63) is 0 Å². The Balaban J connectivity index is 0.000000810. The molecule has 1 heterocycles. The Hall–Kier alpha value is -2.06. The van der Waals surface area contributed by atoms with Crippen molar-refractivity contribution < 1.29 is 14.6 Å². The van der Waals surface area contributed by atoms with Gasteiger partial charge in [-0.25, -0.2) is 4.79 Å². The molecule has 0 bridgehead atoms. The summed E-state index contributed by atoms with van der Waals surface area (Å²) in [6.07, 6.45) is -0.537. The van der Waals surface area contributed by atoms with Gasteiger partial charge in [0.2, 0.25) is 0 Å². The first-order valence-corrected chi connectivity index (χ1v) is 2.53. The SMILES string of the molecule is CC1(C)N=C(O)OC1=O.[Fm]. The Kier molecular flexibility index (Phi) is 1.36. The molecule has 0 fully saturated rings. The maximum atomic E-state index is 10.6. The fourth-order valence-corrected chi connectivity index (χ4v) is 0.515. The van der Waals surface area contributed by atoms with Crippen LogP contribution >= 0.6 is 0 Å². The summed E-state index contributed by atoms with van der Waals surface area (Å²) in [5, 5.41) is 8.54. The Morgan fingerprint density at radius 2 is 2.10 bits per heavy atom. The predicted octanol–water partition coefficient (Wildman–Crippen LogP) is 0.236. The largest absolute Gasteiger partial charge is 0.466 e. The average molecular weight is 386 g/mol. The van der Waals surface area contributed by atoms with Gasteiger partial charge in [0, 0.05) is 0 Å². The predicted molar refractivity (Wildman–Crippen MR) is 30.2 cm³/mol. The molecule has 0 spiro atoms. The number of aliphatic imine (C=N–C) groups is 1. The molecule has 5 heteroatoms. The zero-order valence-electron chi connectivity index (χ0n) is 5.50. The van der Waals surface area contributed by atoms with Crippen molar-refractivity contribution in [3.8, 4) is 0 Å². The molecule has 0 aliphatic carbocycles. The number of rotatable bonds is 0. The molecule has 1 aliphatic rings. The van der Waals surface area contributed by atoms with Gasteiger partial charge >= 0.3 is 12.1 Å². The van der Waals surface area contributed by atoms with E-state index in [0.717, 1.165) is 0 Å². The first-order valence-electron chi connectivity index (χ1n) is 2.53. The number of esters is 1. The maximum Gasteiger partial charge on any atom is 0.390 e. The van der Waals surface area contributed by atoms with E-state index in [1.807, 2.05) is 0 Å². The van der Waals surface area contributed by atoms with Gasteiger partial charge in [-0.1, -0.05) is 0 Å². The summed E-state index contributed by atoms with van der Waals surface area (Å²) in [7, 11) is 0. The van der Waals surface area contributed by atoms with Gasteiger partial charge in [-0.3, -0.25) is 0 Å². The summed E-state index contributed by atoms with van der Waals surface area (Å²) in [4.78, 5) is 14.1. The van der Waals surface area contributed by atoms with Crippen LogP contribution in [0.4, 0.5) is 0 Å². The second-order valence-electron chi connectivity index (χ2n) is 2.34. The number of ether oxygens (including phenoxy) is 1. The number of hydrogen-bond donors (Lipinski definition) is 1. The summed E-state index contributed by atoms with van der Waals surface area (Å²) in [6, 6.07) is 0. The molecule has 0 aromatic heterocycles. The van der Waals surface area contributed by atoms with Crippen molar-refractivity contribution in [2.24, 2.45) is 4.99 Å². The Morgan fingerprint density at radius 3 is 2.20 bits per heavy atom. The summed E-state index contributed by atoms with van der Waals surface area (Å²) in [5.41, 5.74) is -0.899. The molecule has 0 amide bonds. The van der Waals surface area contributed by atoms with E-state index in [1.54, 1.807) is 13.8 Å². The number of cyclic esters (lactones) is 1. The fraction of sp³-hybridized carbons (Fsp3) is 0.600. The van der Waals surface area contributed by atoms with Crippen LogP contribution in [0.2, 0.25) is 0 Å². The van der Waals surface area contributed by atoms with Gasteiger partial charge < -0.3 is 9.84 Å². The van der Waals surface area contributed by atoms with Crippen LogP contribution in [0.25, 0.3) is 0 Å². The van der Waals surface area contributed by atoms with Crippen molar-refractivity contribution >= 4 is 12.1 Å². The van der Waals surface area contributed by atoms with Gasteiger partial charge in [0.05, 0.1) is 0 Å². The van der Waals surface area contributed by atoms with Crippen LogP contribution in [0, 0.1) is 0 Å². The smallest absolute Gasteiger partial charge is 0.390 e. The average Bonchev–Trinajstić information content (AvgIpc) is 1.79. The fourth-order valence-electron chi connectivity index (χ4n) is 0.515. The van der Waals surface area contributed by atoms with E-state index in [4.69, 9.17) is 5.11 Å². The third-order valence-corrected chi connectivity index (χ3v) is 1.06. The number of aliphatic hydroxyl groups is 1. The minimum Gasteiger partial charge on any atom is -0.466 e. The molecular formula is C5H7FmNO3. The Morgan fingerprint density at radius 1 is 1.60 bits per heavy atom. The molecule has 0 atom stereocenters. The molecule has 0 radical (unpaired) electrons. The second-order valence-corrected chi connectivity index (χ2v) is 2.34. The van der Waals surface area contributed by atoms with E-state index in [0.29, 0.717) is 0 Å². The third kappa shape index (κ3) is 0.866. The molecule has 1 N–H and O–H groups in total. The Labute approximate surface area is 52.2 Å². The number of hydrogen-bond acceptors (Lipinski definition) is 3. The molecule has 4 nitrogen and oxygen atoms in total. The zero-order valence-corrected chi connectivity index (χ0v) is 7.90. The van der Waals surface area contributed by atoms with Crippen molar-refractivity contribution in [2.75, 3.05) is 0 Å². The summed E-state index contributed by atoms with van der Waals surface area (Å²) in [5.74, 6) is -0.514. The summed E-state index contributed by atoms with van der Waals surface area (Å²) >= 11 is 0. The van der Waals surface area contributed by atoms with Crippen LogP contribution in [-0.4, -0.2) is 22.7 Å². The van der Waals surface area contributed by atoms with E-state index in [1.165, 1.54) is 0 Å². The van der Waals surface area contributed by atoms with Crippen LogP contribution in [-0.2, 0) is 9.53 Å². The summed E-state index contributed by atoms with van der Waals surface area (Å²) in [6.45, 7) is 3.14. The van der Waals surface area contributed by atoms with Gasteiger partial charge in [0.1, 0.15) is 0 Å². The van der Waals surface area contributed by atoms with Crippen molar-refractivity contribution in [1.82, 2.24) is 0 Å². The number of nitrogens with zero attached hydrogens (tertiary/aromatic N) is 1. The molecule has 0 saturated heterocycles. The second kappa shape index (κ2) is 1.72. The van der Waals surface area contributed by atoms with Gasteiger partial charge in [-0.05, 0) is 13.8 Å². The minimum atomic E-state index is -0.899. The van der Waals surface area contributed by atoms with Crippen LogP contribution in [0.15, 0.2) is 4.99 Å². The molecule has 0 aromatic rings. The number of aliphatic hydroxyl groups excluding tert-OH is 1. The molecule has 0 unspecified atom stereocenters. The van der Waals surface area contributed by atoms with E-state index >= 15 is 0 Å². The van der Waals surface area contributed by atoms with E-state index in [-0.39, 0.29) is 0 Å². The van der Waals surface area contributed by atoms with Crippen molar-refractivity contribution in [3.63, 3.8) is 0 Å². The number of carbonyl (C=O) groups excluding carboxylic acids is 1. The van der Waals surface area contributed by atoms with Crippen LogP contribution < -0.4 is 0 Å². The third-order valence-electron chi connectivity index (χ3n) is 1.06. The van der Waals surface area contributed by atoms with Gasteiger partial charge in [-0.2, -0.15) is 4.99 Å². The summed E-state index contributed by atoms with van der Waals surface area (Å²) < 4.78 is 4.24. The van der Waals surface area contributed by atoms with Crippen LogP contribution in [0.3, 0.4) is 0 Å². The van der Waals surface area contributed by atoms with E-state index in [9.17, 15) is 4.79 Å². The topological polar surface area (TPSA) is 58.9 Å². The number of carbonyl (C=O) groups is 1. The van der Waals surface area contributed by atoms with Gasteiger partial charge in [0.25, 0.3) is 0 Å².